The molecule has 28 heavy (non-hydrogen) atoms. The highest BCUT2D eigenvalue weighted by molar-refractivity contribution is 5.95. The number of hydrogen-bond donors (Lipinski definition) is 3. The predicted octanol–water partition coefficient (Wildman–Crippen LogP) is 3.38. The number of nitrogens with one attached hydrogen (secondary N) is 2. The minimum absolute atomic E-state index is 0.0357. The Hall–Kier alpha value is -2.86. The topological polar surface area (TPSA) is 81.7 Å². The van der Waals surface area contributed by atoms with Crippen LogP contribution in [0, 0.1) is 12.8 Å². The Balaban J connectivity index is 1.51. The van der Waals surface area contributed by atoms with Crippen LogP contribution in [0.2, 0.25) is 0 Å². The van der Waals surface area contributed by atoms with Crippen molar-refractivity contribution < 1.29 is 14.7 Å². The van der Waals surface area contributed by atoms with Gasteiger partial charge in [0, 0.05) is 11.6 Å². The normalized spacial score (nSPS) is 16.4. The molecule has 1 saturated heterocycles. The minimum Gasteiger partial charge on any atom is -0.506 e. The van der Waals surface area contributed by atoms with Crippen molar-refractivity contribution in [2.24, 2.45) is 5.92 Å². The third kappa shape index (κ3) is 4.70. The van der Waals surface area contributed by atoms with E-state index in [1.807, 2.05) is 38.1 Å². The number of piperidine rings is 1. The molecule has 6 nitrogen and oxygen atoms in total. The maximum atomic E-state index is 12.6. The first-order chi connectivity index (χ1) is 13.5. The highest BCUT2D eigenvalue weighted by Gasteiger charge is 2.30. The van der Waals surface area contributed by atoms with Gasteiger partial charge in [0.2, 0.25) is 11.8 Å². The van der Waals surface area contributed by atoms with Gasteiger partial charge < -0.3 is 15.7 Å². The van der Waals surface area contributed by atoms with Crippen molar-refractivity contribution in [2.45, 2.75) is 32.7 Å². The van der Waals surface area contributed by atoms with Gasteiger partial charge in [-0.3, -0.25) is 14.5 Å². The number of para-hydroxylation sites is 3. The molecule has 0 radical (unpaired) electrons. The SMILES string of the molecule is Cc1ccccc1NC(=O)[C@H](C)N1CCC(C(=O)Nc2ccccc2O)CC1. The Kier molecular flexibility index (Phi) is 6.31. The van der Waals surface area contributed by atoms with E-state index in [2.05, 4.69) is 15.5 Å². The number of aryl methyl sites for hydroxylation is 1. The van der Waals surface area contributed by atoms with E-state index in [0.29, 0.717) is 31.6 Å². The van der Waals surface area contributed by atoms with E-state index < -0.39 is 0 Å². The van der Waals surface area contributed by atoms with Gasteiger partial charge in [0.25, 0.3) is 0 Å². The molecule has 0 bridgehead atoms. The van der Waals surface area contributed by atoms with Crippen LogP contribution in [0.5, 0.6) is 5.75 Å². The summed E-state index contributed by atoms with van der Waals surface area (Å²) in [6, 6.07) is 14.2. The van der Waals surface area contributed by atoms with Crippen molar-refractivity contribution in [3.63, 3.8) is 0 Å². The average Bonchev–Trinajstić information content (AvgIpc) is 2.71. The zero-order chi connectivity index (χ0) is 20.1. The fourth-order valence-electron chi connectivity index (χ4n) is 3.48. The maximum absolute atomic E-state index is 12.6. The number of nitrogens with zero attached hydrogens (tertiary/aromatic N) is 1. The molecule has 2 aromatic rings. The number of phenols is 1. The van der Waals surface area contributed by atoms with E-state index in [9.17, 15) is 14.7 Å². The van der Waals surface area contributed by atoms with Gasteiger partial charge in [-0.15, -0.1) is 0 Å². The van der Waals surface area contributed by atoms with Gasteiger partial charge in [-0.2, -0.15) is 0 Å². The molecule has 1 fully saturated rings. The van der Waals surface area contributed by atoms with Gasteiger partial charge in [0.1, 0.15) is 5.75 Å². The number of phenolic OH excluding ortho intramolecular Hbond substituents is 1. The average molecular weight is 381 g/mol. The summed E-state index contributed by atoms with van der Waals surface area (Å²) in [5.41, 5.74) is 2.29. The van der Waals surface area contributed by atoms with Crippen LogP contribution in [0.15, 0.2) is 48.5 Å². The number of anilines is 2. The fraction of sp³-hybridized carbons (Fsp3) is 0.364. The summed E-state index contributed by atoms with van der Waals surface area (Å²) in [6.07, 6.45) is 1.36. The maximum Gasteiger partial charge on any atom is 0.241 e. The number of aromatic hydroxyl groups is 1. The zero-order valence-corrected chi connectivity index (χ0v) is 16.3. The molecule has 2 aromatic carbocycles. The predicted molar refractivity (Wildman–Crippen MR) is 110 cm³/mol. The molecule has 6 heteroatoms. The Morgan fingerprint density at radius 2 is 1.61 bits per heavy atom. The Labute approximate surface area is 165 Å². The summed E-state index contributed by atoms with van der Waals surface area (Å²) in [5, 5.41) is 15.6. The van der Waals surface area contributed by atoms with Gasteiger partial charge >= 0.3 is 0 Å². The molecule has 1 aliphatic heterocycles. The number of hydrogen-bond acceptors (Lipinski definition) is 4. The standard InChI is InChI=1S/C22H27N3O3/c1-15-7-3-4-8-18(15)23-21(27)16(2)25-13-11-17(12-14-25)22(28)24-19-9-5-6-10-20(19)26/h3-10,16-17,26H,11-14H2,1-2H3,(H,23,27)(H,24,28)/t16-/m0/s1. The van der Waals surface area contributed by atoms with Crippen molar-refractivity contribution in [1.29, 1.82) is 0 Å². The summed E-state index contributed by atoms with van der Waals surface area (Å²) in [6.45, 7) is 5.23. The molecule has 0 aliphatic carbocycles. The summed E-state index contributed by atoms with van der Waals surface area (Å²) >= 11 is 0. The number of benzene rings is 2. The first kappa shape index (κ1) is 19.9. The number of likely N-dealkylation sites (tertiary alicyclic amines) is 1. The van der Waals surface area contributed by atoms with Crippen LogP contribution in [0.4, 0.5) is 11.4 Å². The number of amides is 2. The highest BCUT2D eigenvalue weighted by atomic mass is 16.3. The van der Waals surface area contributed by atoms with Crippen molar-refractivity contribution in [3.05, 3.63) is 54.1 Å². The molecule has 1 atom stereocenters. The van der Waals surface area contributed by atoms with Crippen LogP contribution in [0.3, 0.4) is 0 Å². The number of carbonyl (C=O) groups is 2. The van der Waals surface area contributed by atoms with E-state index in [1.54, 1.807) is 24.3 Å². The molecule has 3 N–H and O–H groups in total. The second kappa shape index (κ2) is 8.89. The molecule has 0 aromatic heterocycles. The highest BCUT2D eigenvalue weighted by Crippen LogP contribution is 2.25. The molecule has 1 heterocycles. The van der Waals surface area contributed by atoms with Crippen molar-refractivity contribution in [3.8, 4) is 5.75 Å². The van der Waals surface area contributed by atoms with Crippen molar-refractivity contribution in [2.75, 3.05) is 23.7 Å². The second-order valence-corrected chi connectivity index (χ2v) is 7.30. The molecule has 3 rings (SSSR count). The lowest BCUT2D eigenvalue weighted by Gasteiger charge is -2.34. The van der Waals surface area contributed by atoms with Gasteiger partial charge in [-0.25, -0.2) is 0 Å². The monoisotopic (exact) mass is 381 g/mol. The quantitative estimate of drug-likeness (QED) is 0.694. The molecular formula is C22H27N3O3. The minimum atomic E-state index is -0.262. The van der Waals surface area contributed by atoms with E-state index in [1.165, 1.54) is 0 Å². The molecule has 148 valence electrons. The van der Waals surface area contributed by atoms with Crippen molar-refractivity contribution >= 4 is 23.2 Å². The van der Waals surface area contributed by atoms with Gasteiger partial charge in [-0.1, -0.05) is 30.3 Å². The summed E-state index contributed by atoms with van der Waals surface area (Å²) in [7, 11) is 0. The van der Waals surface area contributed by atoms with E-state index >= 15 is 0 Å². The number of carbonyl (C=O) groups excluding carboxylic acids is 2. The largest absolute Gasteiger partial charge is 0.506 e. The summed E-state index contributed by atoms with van der Waals surface area (Å²) in [4.78, 5) is 27.2. The lowest BCUT2D eigenvalue weighted by Crippen LogP contribution is -2.47. The Morgan fingerprint density at radius 1 is 1.00 bits per heavy atom. The van der Waals surface area contributed by atoms with Crippen LogP contribution in [0.1, 0.15) is 25.3 Å². The third-order valence-corrected chi connectivity index (χ3v) is 5.39. The first-order valence-electron chi connectivity index (χ1n) is 9.65. The smallest absolute Gasteiger partial charge is 0.241 e. The Bertz CT molecular complexity index is 844. The van der Waals surface area contributed by atoms with E-state index in [0.717, 1.165) is 11.3 Å². The molecular weight excluding hydrogens is 354 g/mol. The van der Waals surface area contributed by atoms with E-state index in [-0.39, 0.29) is 29.5 Å². The Morgan fingerprint density at radius 3 is 2.25 bits per heavy atom. The summed E-state index contributed by atoms with van der Waals surface area (Å²) in [5.74, 6) is -0.179. The van der Waals surface area contributed by atoms with E-state index in [4.69, 9.17) is 0 Å². The van der Waals surface area contributed by atoms with Crippen LogP contribution in [-0.4, -0.2) is 41.0 Å². The lowest BCUT2D eigenvalue weighted by molar-refractivity contribution is -0.123. The van der Waals surface area contributed by atoms with Crippen LogP contribution >= 0.6 is 0 Å². The molecule has 0 saturated carbocycles. The van der Waals surface area contributed by atoms with Gasteiger partial charge in [0.05, 0.1) is 11.7 Å². The van der Waals surface area contributed by atoms with Crippen LogP contribution < -0.4 is 10.6 Å². The van der Waals surface area contributed by atoms with Gasteiger partial charge in [0.15, 0.2) is 0 Å². The van der Waals surface area contributed by atoms with Crippen LogP contribution in [-0.2, 0) is 9.59 Å². The van der Waals surface area contributed by atoms with Gasteiger partial charge in [-0.05, 0) is 63.5 Å². The molecule has 0 spiro atoms. The van der Waals surface area contributed by atoms with Crippen molar-refractivity contribution in [1.82, 2.24) is 4.90 Å². The zero-order valence-electron chi connectivity index (χ0n) is 16.3. The molecule has 2 amide bonds. The second-order valence-electron chi connectivity index (χ2n) is 7.30. The van der Waals surface area contributed by atoms with Crippen LogP contribution in [0.25, 0.3) is 0 Å². The number of rotatable bonds is 5. The molecule has 0 unspecified atom stereocenters. The summed E-state index contributed by atoms with van der Waals surface area (Å²) < 4.78 is 0. The third-order valence-electron chi connectivity index (χ3n) is 5.39. The molecule has 1 aliphatic rings. The lowest BCUT2D eigenvalue weighted by atomic mass is 9.94. The first-order valence-corrected chi connectivity index (χ1v) is 9.65. The fourth-order valence-corrected chi connectivity index (χ4v) is 3.48.